The molecule has 3 heteroatoms. The third-order valence-corrected chi connectivity index (χ3v) is 2.44. The van der Waals surface area contributed by atoms with E-state index in [9.17, 15) is 0 Å². The van der Waals surface area contributed by atoms with Crippen LogP contribution in [0.5, 0.6) is 0 Å². The van der Waals surface area contributed by atoms with Crippen LogP contribution in [0, 0.1) is 5.92 Å². The highest BCUT2D eigenvalue weighted by molar-refractivity contribution is 4.97. The van der Waals surface area contributed by atoms with Crippen LogP contribution in [-0.2, 0) is 6.42 Å². The number of fused-ring (bicyclic) bond motifs is 1. The first-order chi connectivity index (χ1) is 5.29. The maximum Gasteiger partial charge on any atom is 0.133 e. The molecule has 1 aromatic rings. The van der Waals surface area contributed by atoms with E-state index in [0.29, 0.717) is 12.0 Å². The van der Waals surface area contributed by atoms with Crippen LogP contribution in [-0.4, -0.2) is 14.8 Å². The van der Waals surface area contributed by atoms with Gasteiger partial charge in [0.25, 0.3) is 0 Å². The molecule has 0 bridgehead atoms. The van der Waals surface area contributed by atoms with Crippen LogP contribution in [0.25, 0.3) is 0 Å². The first-order valence-corrected chi connectivity index (χ1v) is 4.17. The zero-order valence-electron chi connectivity index (χ0n) is 6.99. The first-order valence-electron chi connectivity index (χ1n) is 4.17. The van der Waals surface area contributed by atoms with Crippen LogP contribution in [0.3, 0.4) is 0 Å². The van der Waals surface area contributed by atoms with E-state index in [0.717, 1.165) is 12.2 Å². The SMILES string of the molecule is CC(C)C1CCc2nncn21. The quantitative estimate of drug-likeness (QED) is 0.607. The average molecular weight is 151 g/mol. The van der Waals surface area contributed by atoms with Gasteiger partial charge in [0.2, 0.25) is 0 Å². The molecule has 1 unspecified atom stereocenters. The minimum atomic E-state index is 0.639. The van der Waals surface area contributed by atoms with Gasteiger partial charge < -0.3 is 4.57 Å². The van der Waals surface area contributed by atoms with Gasteiger partial charge in [-0.15, -0.1) is 10.2 Å². The van der Waals surface area contributed by atoms with Crippen molar-refractivity contribution < 1.29 is 0 Å². The molecule has 1 aromatic heterocycles. The van der Waals surface area contributed by atoms with E-state index in [4.69, 9.17) is 0 Å². The number of nitrogens with zero attached hydrogens (tertiary/aromatic N) is 3. The molecule has 0 fully saturated rings. The predicted octanol–water partition coefficient (Wildman–Crippen LogP) is 1.42. The Morgan fingerprint density at radius 1 is 1.64 bits per heavy atom. The molecular formula is C8H13N3. The molecule has 0 spiro atoms. The maximum atomic E-state index is 4.04. The van der Waals surface area contributed by atoms with Crippen molar-refractivity contribution in [1.82, 2.24) is 14.8 Å². The molecule has 1 aliphatic heterocycles. The smallest absolute Gasteiger partial charge is 0.133 e. The summed E-state index contributed by atoms with van der Waals surface area (Å²) in [6.07, 6.45) is 4.19. The molecule has 0 saturated heterocycles. The minimum Gasteiger partial charge on any atom is -0.314 e. The molecule has 11 heavy (non-hydrogen) atoms. The van der Waals surface area contributed by atoms with E-state index in [1.807, 2.05) is 6.33 Å². The molecule has 3 nitrogen and oxygen atoms in total. The Hall–Kier alpha value is -0.860. The van der Waals surface area contributed by atoms with Crippen molar-refractivity contribution in [1.29, 1.82) is 0 Å². The summed E-state index contributed by atoms with van der Waals surface area (Å²) in [6.45, 7) is 4.50. The summed E-state index contributed by atoms with van der Waals surface area (Å²) < 4.78 is 2.21. The first kappa shape index (κ1) is 6.83. The van der Waals surface area contributed by atoms with Gasteiger partial charge in [0.15, 0.2) is 0 Å². The van der Waals surface area contributed by atoms with Crippen LogP contribution < -0.4 is 0 Å². The fourth-order valence-electron chi connectivity index (χ4n) is 1.79. The highest BCUT2D eigenvalue weighted by atomic mass is 15.3. The third-order valence-electron chi connectivity index (χ3n) is 2.44. The summed E-state index contributed by atoms with van der Waals surface area (Å²) in [4.78, 5) is 0. The molecular weight excluding hydrogens is 138 g/mol. The molecule has 60 valence electrons. The van der Waals surface area contributed by atoms with Crippen molar-refractivity contribution in [3.05, 3.63) is 12.2 Å². The van der Waals surface area contributed by atoms with E-state index in [1.165, 1.54) is 6.42 Å². The van der Waals surface area contributed by atoms with Gasteiger partial charge in [0, 0.05) is 12.5 Å². The number of aromatic nitrogens is 3. The summed E-state index contributed by atoms with van der Waals surface area (Å²) >= 11 is 0. The Balaban J connectivity index is 2.31. The molecule has 0 saturated carbocycles. The van der Waals surface area contributed by atoms with Crippen molar-refractivity contribution in [2.24, 2.45) is 5.92 Å². The fraction of sp³-hybridized carbons (Fsp3) is 0.750. The molecule has 0 N–H and O–H groups in total. The molecule has 2 heterocycles. The molecule has 2 rings (SSSR count). The minimum absolute atomic E-state index is 0.639. The van der Waals surface area contributed by atoms with Gasteiger partial charge in [-0.1, -0.05) is 13.8 Å². The summed E-state index contributed by atoms with van der Waals surface area (Å²) in [5.74, 6) is 1.86. The van der Waals surface area contributed by atoms with Gasteiger partial charge in [0.05, 0.1) is 0 Å². The molecule has 0 radical (unpaired) electrons. The van der Waals surface area contributed by atoms with E-state index in [-0.39, 0.29) is 0 Å². The van der Waals surface area contributed by atoms with Crippen LogP contribution >= 0.6 is 0 Å². The lowest BCUT2D eigenvalue weighted by atomic mass is 10.0. The summed E-state index contributed by atoms with van der Waals surface area (Å²) in [5, 5.41) is 7.93. The number of rotatable bonds is 1. The normalized spacial score (nSPS) is 22.6. The number of hydrogen-bond acceptors (Lipinski definition) is 2. The Kier molecular flexibility index (Phi) is 1.44. The molecule has 1 aliphatic rings. The molecule has 0 aromatic carbocycles. The zero-order chi connectivity index (χ0) is 7.84. The van der Waals surface area contributed by atoms with E-state index < -0.39 is 0 Å². The third kappa shape index (κ3) is 0.951. The van der Waals surface area contributed by atoms with Crippen LogP contribution in [0.4, 0.5) is 0 Å². The lowest BCUT2D eigenvalue weighted by molar-refractivity contribution is 0.391. The molecule has 1 atom stereocenters. The Bertz CT molecular complexity index is 252. The summed E-state index contributed by atoms with van der Waals surface area (Å²) in [5.41, 5.74) is 0. The van der Waals surface area contributed by atoms with E-state index in [1.54, 1.807) is 0 Å². The van der Waals surface area contributed by atoms with Gasteiger partial charge >= 0.3 is 0 Å². The van der Waals surface area contributed by atoms with Crippen LogP contribution in [0.1, 0.15) is 32.1 Å². The number of hydrogen-bond donors (Lipinski definition) is 0. The highest BCUT2D eigenvalue weighted by Crippen LogP contribution is 2.29. The molecule has 0 aliphatic carbocycles. The van der Waals surface area contributed by atoms with Crippen molar-refractivity contribution in [2.75, 3.05) is 0 Å². The van der Waals surface area contributed by atoms with Crippen LogP contribution in [0.15, 0.2) is 6.33 Å². The van der Waals surface area contributed by atoms with Gasteiger partial charge in [-0.05, 0) is 12.3 Å². The van der Waals surface area contributed by atoms with Crippen molar-refractivity contribution >= 4 is 0 Å². The Labute approximate surface area is 66.4 Å². The Morgan fingerprint density at radius 3 is 3.18 bits per heavy atom. The lowest BCUT2D eigenvalue weighted by Crippen LogP contribution is -2.09. The van der Waals surface area contributed by atoms with Crippen molar-refractivity contribution in [2.45, 2.75) is 32.7 Å². The van der Waals surface area contributed by atoms with Gasteiger partial charge in [-0.25, -0.2) is 0 Å². The zero-order valence-corrected chi connectivity index (χ0v) is 6.99. The Morgan fingerprint density at radius 2 is 2.45 bits per heavy atom. The average Bonchev–Trinajstić information content (AvgIpc) is 2.41. The van der Waals surface area contributed by atoms with E-state index in [2.05, 4.69) is 28.6 Å². The topological polar surface area (TPSA) is 30.7 Å². The van der Waals surface area contributed by atoms with Gasteiger partial charge in [-0.2, -0.15) is 0 Å². The summed E-state index contributed by atoms with van der Waals surface area (Å²) in [7, 11) is 0. The lowest BCUT2D eigenvalue weighted by Gasteiger charge is -2.15. The second-order valence-electron chi connectivity index (χ2n) is 3.50. The fourth-order valence-corrected chi connectivity index (χ4v) is 1.79. The summed E-state index contributed by atoms with van der Waals surface area (Å²) in [6, 6.07) is 0.639. The second-order valence-corrected chi connectivity index (χ2v) is 3.50. The van der Waals surface area contributed by atoms with Crippen LogP contribution in [0.2, 0.25) is 0 Å². The largest absolute Gasteiger partial charge is 0.314 e. The highest BCUT2D eigenvalue weighted by Gasteiger charge is 2.24. The second kappa shape index (κ2) is 2.32. The van der Waals surface area contributed by atoms with Crippen molar-refractivity contribution in [3.8, 4) is 0 Å². The maximum absolute atomic E-state index is 4.04. The number of aryl methyl sites for hydroxylation is 1. The van der Waals surface area contributed by atoms with E-state index >= 15 is 0 Å². The van der Waals surface area contributed by atoms with Crippen molar-refractivity contribution in [3.63, 3.8) is 0 Å². The van der Waals surface area contributed by atoms with Gasteiger partial charge in [0.1, 0.15) is 12.2 Å². The molecule has 0 amide bonds. The van der Waals surface area contributed by atoms with Gasteiger partial charge in [-0.3, -0.25) is 0 Å². The predicted molar refractivity (Wildman–Crippen MR) is 42.2 cm³/mol. The monoisotopic (exact) mass is 151 g/mol. The standard InChI is InChI=1S/C8H13N3/c1-6(2)7-3-4-8-10-9-5-11(7)8/h5-7H,3-4H2,1-2H3.